The fourth-order valence-corrected chi connectivity index (χ4v) is 0.717. The topological polar surface area (TPSA) is 58.2 Å². The van der Waals surface area contributed by atoms with Gasteiger partial charge in [-0.25, -0.2) is 0 Å². The van der Waals surface area contributed by atoms with E-state index in [-0.39, 0.29) is 11.8 Å². The molecule has 0 atom stereocenters. The second-order valence-corrected chi connectivity index (χ2v) is 2.39. The van der Waals surface area contributed by atoms with Crippen LogP contribution in [0.25, 0.3) is 0 Å². The molecule has 4 nitrogen and oxygen atoms in total. The number of amides is 2. The zero-order valence-electron chi connectivity index (χ0n) is 7.60. The molecule has 0 spiro atoms. The molecule has 0 aromatic rings. The molecule has 4 heteroatoms. The van der Waals surface area contributed by atoms with Crippen molar-refractivity contribution < 1.29 is 9.59 Å². The van der Waals surface area contributed by atoms with Crippen LogP contribution in [-0.4, -0.2) is 11.8 Å². The zero-order valence-corrected chi connectivity index (χ0v) is 7.60. The second kappa shape index (κ2) is 5.35. The number of carbonyl (C=O) groups excluding carboxylic acids is 2. The fourth-order valence-electron chi connectivity index (χ4n) is 0.717. The normalized spacial score (nSPS) is 8.58. The van der Waals surface area contributed by atoms with Gasteiger partial charge in [0.1, 0.15) is 5.82 Å². The Morgan fingerprint density at radius 1 is 1.17 bits per heavy atom. The Morgan fingerprint density at radius 3 is 1.83 bits per heavy atom. The molecular formula is C8H14N2O2. The highest BCUT2D eigenvalue weighted by atomic mass is 16.2. The van der Waals surface area contributed by atoms with Crippen LogP contribution in [-0.2, 0) is 9.59 Å². The summed E-state index contributed by atoms with van der Waals surface area (Å²) >= 11 is 0. The van der Waals surface area contributed by atoms with Gasteiger partial charge in [0.15, 0.2) is 0 Å². The molecule has 0 aliphatic heterocycles. The Kier molecular flexibility index (Phi) is 4.76. The van der Waals surface area contributed by atoms with E-state index in [1.165, 1.54) is 13.8 Å². The molecule has 0 radical (unpaired) electrons. The van der Waals surface area contributed by atoms with Gasteiger partial charge in [-0.1, -0.05) is 6.92 Å². The summed E-state index contributed by atoms with van der Waals surface area (Å²) in [5.41, 5.74) is 0. The van der Waals surface area contributed by atoms with E-state index in [0.29, 0.717) is 5.82 Å². The second-order valence-electron chi connectivity index (χ2n) is 2.39. The number of allylic oxidation sites excluding steroid dienone is 1. The monoisotopic (exact) mass is 170 g/mol. The summed E-state index contributed by atoms with van der Waals surface area (Å²) in [6.07, 6.45) is 2.50. The van der Waals surface area contributed by atoms with Crippen molar-refractivity contribution in [3.05, 3.63) is 11.9 Å². The van der Waals surface area contributed by atoms with Crippen LogP contribution in [0.2, 0.25) is 0 Å². The maximum absolute atomic E-state index is 10.6. The Labute approximate surface area is 72.0 Å². The van der Waals surface area contributed by atoms with Gasteiger partial charge in [-0.2, -0.15) is 0 Å². The third kappa shape index (κ3) is 5.46. The summed E-state index contributed by atoms with van der Waals surface area (Å²) < 4.78 is 0. The molecule has 0 aromatic heterocycles. The summed E-state index contributed by atoms with van der Waals surface area (Å²) in [5.74, 6) is 0.0735. The van der Waals surface area contributed by atoms with E-state index in [2.05, 4.69) is 10.6 Å². The van der Waals surface area contributed by atoms with Crippen molar-refractivity contribution in [1.82, 2.24) is 10.6 Å². The van der Waals surface area contributed by atoms with E-state index in [1.54, 1.807) is 6.08 Å². The molecule has 0 rings (SSSR count). The highest BCUT2D eigenvalue weighted by Gasteiger charge is 1.99. The first-order valence-electron chi connectivity index (χ1n) is 3.81. The fraction of sp³-hybridized carbons (Fsp3) is 0.500. The lowest BCUT2D eigenvalue weighted by Crippen LogP contribution is -2.32. The van der Waals surface area contributed by atoms with Crippen molar-refractivity contribution >= 4 is 11.8 Å². The Hall–Kier alpha value is -1.32. The average molecular weight is 170 g/mol. The minimum absolute atomic E-state index is 0.191. The molecule has 12 heavy (non-hydrogen) atoms. The quantitative estimate of drug-likeness (QED) is 0.648. The zero-order chi connectivity index (χ0) is 9.56. The lowest BCUT2D eigenvalue weighted by atomic mass is 10.4. The van der Waals surface area contributed by atoms with E-state index in [9.17, 15) is 9.59 Å². The summed E-state index contributed by atoms with van der Waals surface area (Å²) in [4.78, 5) is 21.2. The predicted molar refractivity (Wildman–Crippen MR) is 46.0 cm³/mol. The summed E-state index contributed by atoms with van der Waals surface area (Å²) in [6, 6.07) is 0. The number of hydrogen-bond acceptors (Lipinski definition) is 2. The number of carbonyl (C=O) groups is 2. The minimum atomic E-state index is -0.191. The van der Waals surface area contributed by atoms with E-state index in [0.717, 1.165) is 6.42 Å². The van der Waals surface area contributed by atoms with E-state index < -0.39 is 0 Å². The van der Waals surface area contributed by atoms with Gasteiger partial charge in [0.05, 0.1) is 0 Å². The van der Waals surface area contributed by atoms with Crippen LogP contribution in [0.5, 0.6) is 0 Å². The Balaban J connectivity index is 4.14. The van der Waals surface area contributed by atoms with Gasteiger partial charge in [-0.3, -0.25) is 9.59 Å². The molecule has 2 amide bonds. The van der Waals surface area contributed by atoms with Crippen LogP contribution in [0.15, 0.2) is 11.9 Å². The summed E-state index contributed by atoms with van der Waals surface area (Å²) in [5, 5.41) is 5.00. The van der Waals surface area contributed by atoms with Crippen LogP contribution in [0, 0.1) is 0 Å². The van der Waals surface area contributed by atoms with Gasteiger partial charge in [-0.15, -0.1) is 0 Å². The van der Waals surface area contributed by atoms with Crippen molar-refractivity contribution in [1.29, 1.82) is 0 Å². The predicted octanol–water partition coefficient (Wildman–Crippen LogP) is 0.510. The van der Waals surface area contributed by atoms with Crippen molar-refractivity contribution in [2.24, 2.45) is 0 Å². The highest BCUT2D eigenvalue weighted by molar-refractivity contribution is 5.79. The molecule has 0 heterocycles. The van der Waals surface area contributed by atoms with Crippen molar-refractivity contribution in [3.63, 3.8) is 0 Å². The van der Waals surface area contributed by atoms with Crippen molar-refractivity contribution in [2.45, 2.75) is 27.2 Å². The minimum Gasteiger partial charge on any atom is -0.313 e. The number of nitrogens with one attached hydrogen (secondary N) is 2. The Bertz CT molecular complexity index is 191. The first-order valence-corrected chi connectivity index (χ1v) is 3.81. The SMILES string of the molecule is CCC=C(NC(C)=O)NC(C)=O. The van der Waals surface area contributed by atoms with Gasteiger partial charge in [0.25, 0.3) is 0 Å². The van der Waals surface area contributed by atoms with Gasteiger partial charge < -0.3 is 10.6 Å². The smallest absolute Gasteiger partial charge is 0.222 e. The Morgan fingerprint density at radius 2 is 1.58 bits per heavy atom. The van der Waals surface area contributed by atoms with Crippen LogP contribution in [0.1, 0.15) is 27.2 Å². The lowest BCUT2D eigenvalue weighted by Gasteiger charge is -2.07. The summed E-state index contributed by atoms with van der Waals surface area (Å²) in [7, 11) is 0. The molecule has 0 saturated heterocycles. The number of hydrogen-bond donors (Lipinski definition) is 2. The molecule has 0 fully saturated rings. The third-order valence-corrected chi connectivity index (χ3v) is 1.03. The molecule has 0 aliphatic carbocycles. The number of rotatable bonds is 3. The highest BCUT2D eigenvalue weighted by Crippen LogP contribution is 1.87. The molecule has 0 bridgehead atoms. The molecule has 0 aliphatic rings. The summed E-state index contributed by atoms with van der Waals surface area (Å²) in [6.45, 7) is 4.71. The largest absolute Gasteiger partial charge is 0.313 e. The van der Waals surface area contributed by atoms with E-state index >= 15 is 0 Å². The van der Waals surface area contributed by atoms with Crippen LogP contribution >= 0.6 is 0 Å². The van der Waals surface area contributed by atoms with Crippen LogP contribution in [0.3, 0.4) is 0 Å². The first kappa shape index (κ1) is 10.7. The lowest BCUT2D eigenvalue weighted by molar-refractivity contribution is -0.119. The van der Waals surface area contributed by atoms with Gasteiger partial charge >= 0.3 is 0 Å². The third-order valence-electron chi connectivity index (χ3n) is 1.03. The van der Waals surface area contributed by atoms with Crippen molar-refractivity contribution in [3.8, 4) is 0 Å². The van der Waals surface area contributed by atoms with Gasteiger partial charge in [0.2, 0.25) is 11.8 Å². The average Bonchev–Trinajstić information content (AvgIpc) is 1.84. The van der Waals surface area contributed by atoms with Gasteiger partial charge in [0, 0.05) is 13.8 Å². The first-order chi connectivity index (χ1) is 5.56. The maximum atomic E-state index is 10.6. The molecule has 68 valence electrons. The van der Waals surface area contributed by atoms with Crippen LogP contribution in [0.4, 0.5) is 0 Å². The molecule has 0 saturated carbocycles. The van der Waals surface area contributed by atoms with Crippen molar-refractivity contribution in [2.75, 3.05) is 0 Å². The molecule has 0 aromatic carbocycles. The molecule has 2 N–H and O–H groups in total. The van der Waals surface area contributed by atoms with E-state index in [1.807, 2.05) is 6.92 Å². The van der Waals surface area contributed by atoms with Gasteiger partial charge in [-0.05, 0) is 12.5 Å². The molecular weight excluding hydrogens is 156 g/mol. The van der Waals surface area contributed by atoms with E-state index in [4.69, 9.17) is 0 Å². The molecule has 0 unspecified atom stereocenters. The van der Waals surface area contributed by atoms with Crippen LogP contribution < -0.4 is 10.6 Å². The standard InChI is InChI=1S/C8H14N2O2/c1-4-5-8(9-6(2)11)10-7(3)12/h5H,4H2,1-3H3,(H,9,11)(H,10,12). The maximum Gasteiger partial charge on any atom is 0.222 e.